The topological polar surface area (TPSA) is 82.9 Å². The summed E-state index contributed by atoms with van der Waals surface area (Å²) in [5.41, 5.74) is 6.12. The molecule has 3 aliphatic rings. The van der Waals surface area contributed by atoms with E-state index in [2.05, 4.69) is 33.2 Å². The first-order valence-corrected chi connectivity index (χ1v) is 11.1. The molecular weight excluding hydrogens is 390 g/mol. The number of carbonyl (C=O) groups is 1. The Morgan fingerprint density at radius 2 is 2.00 bits per heavy atom. The van der Waals surface area contributed by atoms with Crippen LogP contribution in [0, 0.1) is 0 Å². The molecule has 2 aliphatic carbocycles. The minimum absolute atomic E-state index is 0.0917. The average molecular weight is 418 g/mol. The molecule has 1 fully saturated rings. The highest BCUT2D eigenvalue weighted by atomic mass is 16.6. The van der Waals surface area contributed by atoms with Crippen LogP contribution in [0.2, 0.25) is 0 Å². The normalized spacial score (nSPS) is 24.3. The lowest BCUT2D eigenvalue weighted by molar-refractivity contribution is 0.179. The van der Waals surface area contributed by atoms with E-state index in [4.69, 9.17) is 9.73 Å². The van der Waals surface area contributed by atoms with E-state index in [0.717, 1.165) is 61.1 Å². The monoisotopic (exact) mass is 417 g/mol. The molecule has 5 rings (SSSR count). The number of allylic oxidation sites excluding steroid dienone is 3. The number of cyclic esters (lactones) is 1. The molecule has 7 nitrogen and oxygen atoms in total. The fourth-order valence-corrected chi connectivity index (χ4v) is 4.50. The Morgan fingerprint density at radius 1 is 1.13 bits per heavy atom. The number of amides is 1. The van der Waals surface area contributed by atoms with Crippen LogP contribution in [0.3, 0.4) is 0 Å². The van der Waals surface area contributed by atoms with E-state index in [1.54, 1.807) is 11.2 Å². The van der Waals surface area contributed by atoms with Gasteiger partial charge in [0.25, 0.3) is 0 Å². The number of aromatic nitrogens is 2. The molecule has 31 heavy (non-hydrogen) atoms. The van der Waals surface area contributed by atoms with Crippen molar-refractivity contribution in [1.29, 1.82) is 0 Å². The van der Waals surface area contributed by atoms with Crippen LogP contribution in [-0.2, 0) is 4.74 Å². The summed E-state index contributed by atoms with van der Waals surface area (Å²) in [6, 6.07) is 5.72. The van der Waals surface area contributed by atoms with Gasteiger partial charge < -0.3 is 9.72 Å². The summed E-state index contributed by atoms with van der Waals surface area (Å²) >= 11 is 0. The highest BCUT2D eigenvalue weighted by Crippen LogP contribution is 2.32. The van der Waals surface area contributed by atoms with Crippen molar-refractivity contribution in [3.63, 3.8) is 0 Å². The summed E-state index contributed by atoms with van der Waals surface area (Å²) in [6.45, 7) is 1.81. The predicted molar refractivity (Wildman–Crippen MR) is 123 cm³/mol. The molecule has 1 amide bonds. The van der Waals surface area contributed by atoms with E-state index in [9.17, 15) is 4.79 Å². The second-order valence-electron chi connectivity index (χ2n) is 8.18. The molecule has 2 heterocycles. The number of imidazole rings is 1. The summed E-state index contributed by atoms with van der Waals surface area (Å²) in [6.07, 6.45) is 14.3. The summed E-state index contributed by atoms with van der Waals surface area (Å²) in [7, 11) is 0. The second kappa shape index (κ2) is 8.88. The molecule has 2 aromatic rings. The number of ether oxygens (including phenoxy) is 1. The fourth-order valence-electron chi connectivity index (χ4n) is 4.50. The van der Waals surface area contributed by atoms with Crippen molar-refractivity contribution >= 4 is 34.2 Å². The summed E-state index contributed by atoms with van der Waals surface area (Å²) in [5, 5.41) is 0. The minimum atomic E-state index is -0.301. The maximum absolute atomic E-state index is 12.5. The van der Waals surface area contributed by atoms with Gasteiger partial charge in [-0.15, -0.1) is 0 Å². The number of nitrogens with one attached hydrogen (secondary N) is 1. The Bertz CT molecular complexity index is 1090. The van der Waals surface area contributed by atoms with Gasteiger partial charge in [0.2, 0.25) is 0 Å². The molecule has 1 atom stereocenters. The molecule has 0 radical (unpaired) electrons. The molecule has 0 saturated carbocycles. The lowest BCUT2D eigenvalue weighted by Gasteiger charge is -2.26. The molecule has 1 aromatic heterocycles. The number of carbonyl (C=O) groups excluding carboxylic acids is 1. The molecule has 1 N–H and O–H groups in total. The van der Waals surface area contributed by atoms with Crippen LogP contribution in [0.15, 0.2) is 58.3 Å². The quantitative estimate of drug-likeness (QED) is 0.721. The Balaban J connectivity index is 1.31. The van der Waals surface area contributed by atoms with Crippen molar-refractivity contribution in [3.05, 3.63) is 48.3 Å². The first-order chi connectivity index (χ1) is 15.3. The van der Waals surface area contributed by atoms with Crippen LogP contribution >= 0.6 is 0 Å². The van der Waals surface area contributed by atoms with Gasteiger partial charge in [-0.25, -0.2) is 9.78 Å². The standard InChI is InChI=1S/C24H27N5O2/c30-24-29(20-9-10-21-22(14-20)28-16-27-21)23(15-31-24)17-5-4-8-19(13-17)26-12-11-25-18-6-2-1-3-7-18/h2,6,9-10,13-14,16,23H,1,3-5,7-8,11-12,15H2,(H,27,28). The third-order valence-corrected chi connectivity index (χ3v) is 6.08. The Kier molecular flexibility index (Phi) is 5.65. The summed E-state index contributed by atoms with van der Waals surface area (Å²) in [5.74, 6) is 0. The minimum Gasteiger partial charge on any atom is -0.447 e. The fraction of sp³-hybridized carbons (Fsp3) is 0.417. The van der Waals surface area contributed by atoms with E-state index >= 15 is 0 Å². The van der Waals surface area contributed by atoms with Crippen molar-refractivity contribution in [1.82, 2.24) is 9.97 Å². The van der Waals surface area contributed by atoms with Gasteiger partial charge in [-0.05, 0) is 74.4 Å². The molecule has 7 heteroatoms. The van der Waals surface area contributed by atoms with Crippen molar-refractivity contribution in [2.24, 2.45) is 9.98 Å². The van der Waals surface area contributed by atoms with Crippen LogP contribution in [-0.4, -0.2) is 53.2 Å². The van der Waals surface area contributed by atoms with E-state index < -0.39 is 0 Å². The lowest BCUT2D eigenvalue weighted by atomic mass is 9.92. The Morgan fingerprint density at radius 3 is 2.87 bits per heavy atom. The number of aromatic amines is 1. The number of fused-ring (bicyclic) bond motifs is 1. The smallest absolute Gasteiger partial charge is 0.415 e. The molecule has 1 aromatic carbocycles. The number of hydrogen-bond acceptors (Lipinski definition) is 5. The van der Waals surface area contributed by atoms with E-state index in [1.807, 2.05) is 18.2 Å². The third kappa shape index (κ3) is 4.31. The number of anilines is 1. The SMILES string of the molecule is O=C1OCC(C2=CC(=NCCN=C3C=CCCC3)CCC2)N1c1ccc2nc[nH]c2c1. The van der Waals surface area contributed by atoms with E-state index in [-0.39, 0.29) is 12.1 Å². The molecule has 0 bridgehead atoms. The maximum atomic E-state index is 12.5. The number of benzene rings is 1. The Hall–Kier alpha value is -3.22. The highest BCUT2D eigenvalue weighted by Gasteiger charge is 2.37. The van der Waals surface area contributed by atoms with Crippen LogP contribution < -0.4 is 4.90 Å². The molecular formula is C24H27N5O2. The summed E-state index contributed by atoms with van der Waals surface area (Å²) in [4.78, 5) is 31.1. The van der Waals surface area contributed by atoms with Crippen molar-refractivity contribution in [2.45, 2.75) is 44.6 Å². The zero-order chi connectivity index (χ0) is 21.0. The summed E-state index contributed by atoms with van der Waals surface area (Å²) < 4.78 is 5.44. The highest BCUT2D eigenvalue weighted by molar-refractivity contribution is 5.98. The molecule has 1 saturated heterocycles. The van der Waals surface area contributed by atoms with E-state index in [1.165, 1.54) is 17.7 Å². The van der Waals surface area contributed by atoms with Gasteiger partial charge >= 0.3 is 6.09 Å². The van der Waals surface area contributed by atoms with Gasteiger partial charge in [-0.2, -0.15) is 0 Å². The van der Waals surface area contributed by atoms with Crippen molar-refractivity contribution in [2.75, 3.05) is 24.6 Å². The number of aliphatic imine (C=N–C) groups is 2. The molecule has 1 aliphatic heterocycles. The van der Waals surface area contributed by atoms with E-state index in [0.29, 0.717) is 13.2 Å². The number of hydrogen-bond donors (Lipinski definition) is 1. The average Bonchev–Trinajstić information content (AvgIpc) is 3.43. The zero-order valence-electron chi connectivity index (χ0n) is 17.6. The van der Waals surface area contributed by atoms with Gasteiger partial charge in [0, 0.05) is 11.4 Å². The zero-order valence-corrected chi connectivity index (χ0v) is 17.6. The maximum Gasteiger partial charge on any atom is 0.415 e. The van der Waals surface area contributed by atoms with Crippen molar-refractivity contribution in [3.8, 4) is 0 Å². The number of H-pyrrole nitrogens is 1. The molecule has 160 valence electrons. The molecule has 1 unspecified atom stereocenters. The first kappa shape index (κ1) is 19.7. The van der Waals surface area contributed by atoms with Gasteiger partial charge in [0.05, 0.1) is 42.2 Å². The largest absolute Gasteiger partial charge is 0.447 e. The van der Waals surface area contributed by atoms with Gasteiger partial charge in [-0.1, -0.05) is 6.08 Å². The number of nitrogens with zero attached hydrogens (tertiary/aromatic N) is 4. The van der Waals surface area contributed by atoms with Crippen LogP contribution in [0.25, 0.3) is 11.0 Å². The van der Waals surface area contributed by atoms with Gasteiger partial charge in [0.15, 0.2) is 0 Å². The van der Waals surface area contributed by atoms with Gasteiger partial charge in [-0.3, -0.25) is 14.9 Å². The predicted octanol–water partition coefficient (Wildman–Crippen LogP) is 4.62. The first-order valence-electron chi connectivity index (χ1n) is 11.1. The molecule has 0 spiro atoms. The second-order valence-corrected chi connectivity index (χ2v) is 8.18. The third-order valence-electron chi connectivity index (χ3n) is 6.08. The number of rotatable bonds is 5. The van der Waals surface area contributed by atoms with Crippen LogP contribution in [0.1, 0.15) is 38.5 Å². The van der Waals surface area contributed by atoms with Crippen molar-refractivity contribution < 1.29 is 9.53 Å². The Labute approximate surface area is 181 Å². The lowest BCUT2D eigenvalue weighted by Crippen LogP contribution is -2.35. The van der Waals surface area contributed by atoms with Gasteiger partial charge in [0.1, 0.15) is 6.61 Å². The van der Waals surface area contributed by atoms with Crippen LogP contribution in [0.4, 0.5) is 10.5 Å². The van der Waals surface area contributed by atoms with Crippen LogP contribution in [0.5, 0.6) is 0 Å².